The molecular weight excluding hydrogens is 366 g/mol. The molecule has 0 aromatic heterocycles. The molecule has 29 heavy (non-hydrogen) atoms. The molecule has 0 atom stereocenters. The summed E-state index contributed by atoms with van der Waals surface area (Å²) in [5, 5.41) is 11.2. The Morgan fingerprint density at radius 2 is 1.69 bits per heavy atom. The van der Waals surface area contributed by atoms with Crippen LogP contribution in [0.3, 0.4) is 0 Å². The van der Waals surface area contributed by atoms with E-state index in [1.54, 1.807) is 4.90 Å². The van der Waals surface area contributed by atoms with Gasteiger partial charge in [0.25, 0.3) is 0 Å². The number of β-amino-alcohol motifs (C(OH)–C–C–N with tert-alkyl or cyclic N) is 1. The number of piperidine rings is 1. The molecule has 2 saturated heterocycles. The number of hydrogen-bond acceptors (Lipinski definition) is 5. The molecule has 6 heteroatoms. The van der Waals surface area contributed by atoms with Gasteiger partial charge in [-0.2, -0.15) is 0 Å². The van der Waals surface area contributed by atoms with Gasteiger partial charge < -0.3 is 14.7 Å². The second-order valence-electron chi connectivity index (χ2n) is 9.58. The molecule has 1 N–H and O–H groups in total. The van der Waals surface area contributed by atoms with Crippen LogP contribution in [0.15, 0.2) is 30.3 Å². The van der Waals surface area contributed by atoms with Gasteiger partial charge in [-0.15, -0.1) is 0 Å². The normalized spacial score (nSPS) is 21.6. The largest absolute Gasteiger partial charge is 0.444 e. The zero-order valence-electron chi connectivity index (χ0n) is 18.3. The lowest BCUT2D eigenvalue weighted by Gasteiger charge is -2.41. The Morgan fingerprint density at radius 3 is 2.34 bits per heavy atom. The van der Waals surface area contributed by atoms with Crippen LogP contribution < -0.4 is 0 Å². The summed E-state index contributed by atoms with van der Waals surface area (Å²) in [6.45, 7) is 12.2. The predicted octanol–water partition coefficient (Wildman–Crippen LogP) is 2.96. The van der Waals surface area contributed by atoms with Crippen LogP contribution in [0.4, 0.5) is 4.79 Å². The van der Waals surface area contributed by atoms with E-state index in [9.17, 15) is 9.90 Å². The number of likely N-dealkylation sites (tertiary alicyclic amines) is 1. The Morgan fingerprint density at radius 1 is 1.00 bits per heavy atom. The molecule has 0 radical (unpaired) electrons. The summed E-state index contributed by atoms with van der Waals surface area (Å²) in [4.78, 5) is 18.9. The summed E-state index contributed by atoms with van der Waals surface area (Å²) in [6, 6.07) is 10.5. The van der Waals surface area contributed by atoms with Crippen molar-refractivity contribution in [3.63, 3.8) is 0 Å². The van der Waals surface area contributed by atoms with Crippen LogP contribution in [0.5, 0.6) is 0 Å². The first-order valence-corrected chi connectivity index (χ1v) is 10.9. The second kappa shape index (κ2) is 9.45. The lowest BCUT2D eigenvalue weighted by molar-refractivity contribution is -0.0461. The molecule has 2 aliphatic heterocycles. The number of ether oxygens (including phenoxy) is 1. The molecule has 2 fully saturated rings. The van der Waals surface area contributed by atoms with E-state index in [0.717, 1.165) is 52.0 Å². The highest BCUT2D eigenvalue weighted by molar-refractivity contribution is 5.68. The third kappa shape index (κ3) is 6.98. The molecule has 162 valence electrons. The van der Waals surface area contributed by atoms with Crippen molar-refractivity contribution < 1.29 is 14.6 Å². The Balaban J connectivity index is 1.45. The van der Waals surface area contributed by atoms with Crippen molar-refractivity contribution in [2.45, 2.75) is 57.8 Å². The molecule has 2 heterocycles. The van der Waals surface area contributed by atoms with E-state index in [2.05, 4.69) is 34.1 Å². The Bertz CT molecular complexity index is 651. The molecule has 1 aromatic carbocycles. The van der Waals surface area contributed by atoms with E-state index < -0.39 is 11.2 Å². The molecule has 1 amide bonds. The van der Waals surface area contributed by atoms with Crippen molar-refractivity contribution in [1.29, 1.82) is 0 Å². The average Bonchev–Trinajstić information content (AvgIpc) is 2.89. The fraction of sp³-hybridized carbons (Fsp3) is 0.696. The molecule has 1 aromatic rings. The minimum Gasteiger partial charge on any atom is -0.444 e. The van der Waals surface area contributed by atoms with Crippen molar-refractivity contribution in [2.75, 3.05) is 45.8 Å². The lowest BCUT2D eigenvalue weighted by Crippen LogP contribution is -2.51. The highest BCUT2D eigenvalue weighted by Gasteiger charge is 2.35. The minimum atomic E-state index is -0.631. The molecule has 0 aliphatic carbocycles. The number of nitrogens with zero attached hydrogens (tertiary/aromatic N) is 3. The Kier molecular flexibility index (Phi) is 7.19. The van der Waals surface area contributed by atoms with Crippen molar-refractivity contribution in [1.82, 2.24) is 14.7 Å². The van der Waals surface area contributed by atoms with Crippen LogP contribution in [0.25, 0.3) is 0 Å². The van der Waals surface area contributed by atoms with Gasteiger partial charge in [-0.05, 0) is 45.6 Å². The first-order valence-electron chi connectivity index (χ1n) is 10.9. The van der Waals surface area contributed by atoms with Crippen LogP contribution in [0.1, 0.15) is 45.6 Å². The van der Waals surface area contributed by atoms with Gasteiger partial charge in [-0.3, -0.25) is 9.80 Å². The summed E-state index contributed by atoms with van der Waals surface area (Å²) >= 11 is 0. The average molecular weight is 404 g/mol. The minimum absolute atomic E-state index is 0.229. The van der Waals surface area contributed by atoms with Gasteiger partial charge in [0.05, 0.1) is 5.60 Å². The zero-order valence-corrected chi connectivity index (χ0v) is 18.3. The van der Waals surface area contributed by atoms with Gasteiger partial charge in [0, 0.05) is 52.4 Å². The highest BCUT2D eigenvalue weighted by atomic mass is 16.6. The van der Waals surface area contributed by atoms with Crippen LogP contribution >= 0.6 is 0 Å². The van der Waals surface area contributed by atoms with Gasteiger partial charge >= 0.3 is 6.09 Å². The second-order valence-corrected chi connectivity index (χ2v) is 9.58. The standard InChI is InChI=1S/C23H37N3O3/c1-22(2,3)29-21(27)26-13-7-12-25(16-17-26)19-23(28)10-14-24(15-11-23)18-20-8-5-4-6-9-20/h4-6,8-9,28H,7,10-19H2,1-3H3. The summed E-state index contributed by atoms with van der Waals surface area (Å²) in [7, 11) is 0. The van der Waals surface area contributed by atoms with Crippen molar-refractivity contribution in [2.24, 2.45) is 0 Å². The van der Waals surface area contributed by atoms with E-state index in [1.807, 2.05) is 26.8 Å². The number of benzene rings is 1. The fourth-order valence-electron chi connectivity index (χ4n) is 4.18. The third-order valence-electron chi connectivity index (χ3n) is 5.79. The zero-order chi connectivity index (χ0) is 20.9. The van der Waals surface area contributed by atoms with Gasteiger partial charge in [0.15, 0.2) is 0 Å². The summed E-state index contributed by atoms with van der Waals surface area (Å²) in [6.07, 6.45) is 2.28. The van der Waals surface area contributed by atoms with Gasteiger partial charge in [-0.25, -0.2) is 4.79 Å². The highest BCUT2D eigenvalue weighted by Crippen LogP contribution is 2.25. The summed E-state index contributed by atoms with van der Waals surface area (Å²) in [5.41, 5.74) is 0.230. The summed E-state index contributed by atoms with van der Waals surface area (Å²) in [5.74, 6) is 0. The van der Waals surface area contributed by atoms with E-state index in [0.29, 0.717) is 19.6 Å². The number of carbonyl (C=O) groups excluding carboxylic acids is 1. The first-order chi connectivity index (χ1) is 13.7. The maximum Gasteiger partial charge on any atom is 0.410 e. The third-order valence-corrected chi connectivity index (χ3v) is 5.79. The van der Waals surface area contributed by atoms with Crippen LogP contribution in [0.2, 0.25) is 0 Å². The molecule has 0 unspecified atom stereocenters. The maximum absolute atomic E-state index is 12.3. The van der Waals surface area contributed by atoms with Crippen LogP contribution in [-0.4, -0.2) is 82.9 Å². The first kappa shape index (κ1) is 22.1. The van der Waals surface area contributed by atoms with Gasteiger partial charge in [-0.1, -0.05) is 30.3 Å². The lowest BCUT2D eigenvalue weighted by atomic mass is 9.90. The smallest absolute Gasteiger partial charge is 0.410 e. The Labute approximate surface area is 175 Å². The van der Waals surface area contributed by atoms with Crippen LogP contribution in [0, 0.1) is 0 Å². The molecular formula is C23H37N3O3. The van der Waals surface area contributed by atoms with Crippen molar-refractivity contribution in [3.8, 4) is 0 Å². The number of aliphatic hydroxyl groups is 1. The SMILES string of the molecule is CC(C)(C)OC(=O)N1CCCN(CC2(O)CCN(Cc3ccccc3)CC2)CC1. The maximum atomic E-state index is 12.3. The molecule has 0 spiro atoms. The Hall–Kier alpha value is -1.63. The molecule has 0 saturated carbocycles. The molecule has 0 bridgehead atoms. The predicted molar refractivity (Wildman–Crippen MR) is 115 cm³/mol. The number of amides is 1. The molecule has 3 rings (SSSR count). The number of hydrogen-bond donors (Lipinski definition) is 1. The quantitative estimate of drug-likeness (QED) is 0.838. The van der Waals surface area contributed by atoms with Crippen molar-refractivity contribution in [3.05, 3.63) is 35.9 Å². The molecule has 6 nitrogen and oxygen atoms in total. The van der Waals surface area contributed by atoms with E-state index in [-0.39, 0.29) is 6.09 Å². The van der Waals surface area contributed by atoms with Gasteiger partial charge in [0.1, 0.15) is 5.60 Å². The van der Waals surface area contributed by atoms with E-state index >= 15 is 0 Å². The molecule has 2 aliphatic rings. The topological polar surface area (TPSA) is 56.3 Å². The monoisotopic (exact) mass is 403 g/mol. The van der Waals surface area contributed by atoms with Gasteiger partial charge in [0.2, 0.25) is 0 Å². The van der Waals surface area contributed by atoms with E-state index in [4.69, 9.17) is 4.74 Å². The number of carbonyl (C=O) groups is 1. The number of rotatable bonds is 4. The van der Waals surface area contributed by atoms with E-state index in [1.165, 1.54) is 5.56 Å². The summed E-state index contributed by atoms with van der Waals surface area (Å²) < 4.78 is 5.51. The van der Waals surface area contributed by atoms with Crippen LogP contribution in [-0.2, 0) is 11.3 Å². The van der Waals surface area contributed by atoms with Crippen molar-refractivity contribution >= 4 is 6.09 Å². The fourth-order valence-corrected chi connectivity index (χ4v) is 4.18.